The molecule has 2 N–H and O–H groups in total. The lowest BCUT2D eigenvalue weighted by Crippen LogP contribution is -2.28. The van der Waals surface area contributed by atoms with Gasteiger partial charge in [-0.15, -0.1) is 0 Å². The zero-order valence-corrected chi connectivity index (χ0v) is 15.0. The van der Waals surface area contributed by atoms with E-state index in [4.69, 9.17) is 4.74 Å². The van der Waals surface area contributed by atoms with Gasteiger partial charge in [-0.1, -0.05) is 12.1 Å². The number of hydrogen-bond acceptors (Lipinski definition) is 7. The second-order valence-electron chi connectivity index (χ2n) is 5.40. The predicted molar refractivity (Wildman–Crippen MR) is 95.2 cm³/mol. The quantitative estimate of drug-likeness (QED) is 0.655. The number of nitrogens with one attached hydrogen (secondary N) is 2. The van der Waals surface area contributed by atoms with Gasteiger partial charge in [0.25, 0.3) is 11.8 Å². The highest BCUT2D eigenvalue weighted by Crippen LogP contribution is 2.12. The first kappa shape index (κ1) is 19.8. The van der Waals surface area contributed by atoms with Crippen LogP contribution in [-0.2, 0) is 16.1 Å². The minimum atomic E-state index is -0.511. The summed E-state index contributed by atoms with van der Waals surface area (Å²) in [5.74, 6) is -0.697. The molecular weight excluding hydrogens is 352 g/mol. The SMILES string of the molecule is COC(=O)CCNC(=O)c1cc(C(=O)NCc2cccc(OC)c2)ncn1. The first-order valence-corrected chi connectivity index (χ1v) is 8.11. The number of ether oxygens (including phenoxy) is 2. The molecule has 0 spiro atoms. The standard InChI is InChI=1S/C18H20N4O5/c1-26-13-5-3-4-12(8-13)10-20-18(25)15-9-14(21-11-22-15)17(24)19-7-6-16(23)27-2/h3-5,8-9,11H,6-7,10H2,1-2H3,(H,19,24)(H,20,25). The average Bonchev–Trinajstić information content (AvgIpc) is 2.71. The molecule has 0 radical (unpaired) electrons. The molecule has 9 heteroatoms. The number of amides is 2. The average molecular weight is 372 g/mol. The van der Waals surface area contributed by atoms with Gasteiger partial charge in [0.1, 0.15) is 23.5 Å². The van der Waals surface area contributed by atoms with Crippen LogP contribution in [0.25, 0.3) is 0 Å². The van der Waals surface area contributed by atoms with Gasteiger partial charge >= 0.3 is 5.97 Å². The van der Waals surface area contributed by atoms with Gasteiger partial charge in [-0.05, 0) is 17.7 Å². The van der Waals surface area contributed by atoms with E-state index in [2.05, 4.69) is 25.3 Å². The Balaban J connectivity index is 1.94. The van der Waals surface area contributed by atoms with Gasteiger partial charge in [0.2, 0.25) is 0 Å². The smallest absolute Gasteiger partial charge is 0.307 e. The van der Waals surface area contributed by atoms with E-state index in [1.165, 1.54) is 13.2 Å². The van der Waals surface area contributed by atoms with Crippen molar-refractivity contribution in [2.75, 3.05) is 20.8 Å². The third-order valence-electron chi connectivity index (χ3n) is 3.56. The molecule has 2 amide bonds. The summed E-state index contributed by atoms with van der Waals surface area (Å²) in [7, 11) is 2.83. The maximum absolute atomic E-state index is 12.3. The number of benzene rings is 1. The van der Waals surface area contributed by atoms with Crippen molar-refractivity contribution in [2.45, 2.75) is 13.0 Å². The van der Waals surface area contributed by atoms with E-state index in [1.807, 2.05) is 12.1 Å². The number of carbonyl (C=O) groups excluding carboxylic acids is 3. The summed E-state index contributed by atoms with van der Waals surface area (Å²) in [6, 6.07) is 8.57. The van der Waals surface area contributed by atoms with Crippen molar-refractivity contribution in [2.24, 2.45) is 0 Å². The van der Waals surface area contributed by atoms with Gasteiger partial charge in [-0.3, -0.25) is 14.4 Å². The monoisotopic (exact) mass is 372 g/mol. The number of rotatable bonds is 8. The van der Waals surface area contributed by atoms with Crippen molar-refractivity contribution in [3.8, 4) is 5.75 Å². The van der Waals surface area contributed by atoms with E-state index in [0.29, 0.717) is 5.75 Å². The third-order valence-corrected chi connectivity index (χ3v) is 3.56. The van der Waals surface area contributed by atoms with E-state index in [0.717, 1.165) is 11.9 Å². The normalized spacial score (nSPS) is 10.0. The van der Waals surface area contributed by atoms with Crippen LogP contribution in [0.1, 0.15) is 33.0 Å². The Labute approximate surface area is 156 Å². The summed E-state index contributed by atoms with van der Waals surface area (Å²) in [5.41, 5.74) is 0.949. The fraction of sp³-hybridized carbons (Fsp3) is 0.278. The van der Waals surface area contributed by atoms with Gasteiger partial charge in [-0.2, -0.15) is 0 Å². The Morgan fingerprint density at radius 2 is 1.70 bits per heavy atom. The van der Waals surface area contributed by atoms with Crippen LogP contribution in [0.5, 0.6) is 5.75 Å². The molecule has 142 valence electrons. The molecule has 0 bridgehead atoms. The van der Waals surface area contributed by atoms with Crippen molar-refractivity contribution in [3.63, 3.8) is 0 Å². The van der Waals surface area contributed by atoms with Crippen LogP contribution in [0.4, 0.5) is 0 Å². The third kappa shape index (κ3) is 6.07. The van der Waals surface area contributed by atoms with Crippen LogP contribution in [0, 0.1) is 0 Å². The molecule has 0 unspecified atom stereocenters. The molecule has 0 aliphatic heterocycles. The second-order valence-corrected chi connectivity index (χ2v) is 5.40. The Morgan fingerprint density at radius 3 is 2.37 bits per heavy atom. The molecule has 2 rings (SSSR count). The molecule has 27 heavy (non-hydrogen) atoms. The zero-order chi connectivity index (χ0) is 19.6. The number of aromatic nitrogens is 2. The molecule has 1 aromatic carbocycles. The highest BCUT2D eigenvalue weighted by molar-refractivity contribution is 5.97. The van der Waals surface area contributed by atoms with Crippen molar-refractivity contribution in [1.29, 1.82) is 0 Å². The molecule has 0 aliphatic rings. The fourth-order valence-electron chi connectivity index (χ4n) is 2.13. The molecule has 0 saturated carbocycles. The highest BCUT2D eigenvalue weighted by Gasteiger charge is 2.13. The Kier molecular flexibility index (Phi) is 7.24. The van der Waals surface area contributed by atoms with Crippen LogP contribution in [0.3, 0.4) is 0 Å². The van der Waals surface area contributed by atoms with Gasteiger partial charge in [-0.25, -0.2) is 9.97 Å². The lowest BCUT2D eigenvalue weighted by Gasteiger charge is -2.08. The summed E-state index contributed by atoms with van der Waals surface area (Å²) in [4.78, 5) is 43.1. The van der Waals surface area contributed by atoms with Crippen LogP contribution in [0.2, 0.25) is 0 Å². The van der Waals surface area contributed by atoms with Crippen LogP contribution in [0.15, 0.2) is 36.7 Å². The van der Waals surface area contributed by atoms with Crippen LogP contribution >= 0.6 is 0 Å². The summed E-state index contributed by atoms with van der Waals surface area (Å²) in [6.07, 6.45) is 1.18. The summed E-state index contributed by atoms with van der Waals surface area (Å²) >= 11 is 0. The van der Waals surface area contributed by atoms with Crippen molar-refractivity contribution in [1.82, 2.24) is 20.6 Å². The molecule has 0 fully saturated rings. The van der Waals surface area contributed by atoms with Gasteiger partial charge < -0.3 is 20.1 Å². The number of nitrogens with zero attached hydrogens (tertiary/aromatic N) is 2. The van der Waals surface area contributed by atoms with Crippen molar-refractivity contribution >= 4 is 17.8 Å². The van der Waals surface area contributed by atoms with Crippen LogP contribution in [-0.4, -0.2) is 48.5 Å². The fourth-order valence-corrected chi connectivity index (χ4v) is 2.13. The molecule has 0 saturated heterocycles. The van der Waals surface area contributed by atoms with Crippen molar-refractivity contribution in [3.05, 3.63) is 53.6 Å². The Morgan fingerprint density at radius 1 is 1.00 bits per heavy atom. The summed E-state index contributed by atoms with van der Waals surface area (Å²) < 4.78 is 9.63. The largest absolute Gasteiger partial charge is 0.497 e. The molecule has 9 nitrogen and oxygen atoms in total. The van der Waals surface area contributed by atoms with Gasteiger partial charge in [0.05, 0.1) is 20.6 Å². The van der Waals surface area contributed by atoms with E-state index in [1.54, 1.807) is 19.2 Å². The Hall–Kier alpha value is -3.49. The predicted octanol–water partition coefficient (Wildman–Crippen LogP) is 0.708. The first-order chi connectivity index (χ1) is 13.0. The molecule has 0 atom stereocenters. The van der Waals surface area contributed by atoms with E-state index >= 15 is 0 Å². The maximum Gasteiger partial charge on any atom is 0.307 e. The topological polar surface area (TPSA) is 120 Å². The van der Waals surface area contributed by atoms with E-state index in [-0.39, 0.29) is 30.9 Å². The summed E-state index contributed by atoms with van der Waals surface area (Å²) in [5, 5.41) is 5.25. The lowest BCUT2D eigenvalue weighted by atomic mass is 10.2. The number of carbonyl (C=O) groups is 3. The first-order valence-electron chi connectivity index (χ1n) is 8.11. The van der Waals surface area contributed by atoms with Gasteiger partial charge in [0, 0.05) is 19.2 Å². The number of methoxy groups -OCH3 is 2. The zero-order valence-electron chi connectivity index (χ0n) is 15.0. The van der Waals surface area contributed by atoms with Crippen molar-refractivity contribution < 1.29 is 23.9 Å². The minimum absolute atomic E-state index is 0.0291. The lowest BCUT2D eigenvalue weighted by molar-refractivity contribution is -0.140. The highest BCUT2D eigenvalue weighted by atomic mass is 16.5. The number of esters is 1. The molecule has 1 aromatic heterocycles. The molecular formula is C18H20N4O5. The van der Waals surface area contributed by atoms with E-state index in [9.17, 15) is 14.4 Å². The summed E-state index contributed by atoms with van der Waals surface area (Å²) in [6.45, 7) is 0.383. The van der Waals surface area contributed by atoms with Crippen LogP contribution < -0.4 is 15.4 Å². The number of hydrogen-bond donors (Lipinski definition) is 2. The van der Waals surface area contributed by atoms with E-state index < -0.39 is 17.8 Å². The maximum atomic E-state index is 12.3. The second kappa shape index (κ2) is 9.85. The molecule has 2 aromatic rings. The minimum Gasteiger partial charge on any atom is -0.497 e. The van der Waals surface area contributed by atoms with Gasteiger partial charge in [0.15, 0.2) is 0 Å². The Bertz CT molecular complexity index is 825. The molecule has 0 aliphatic carbocycles. The molecule has 1 heterocycles.